The molecule has 0 heterocycles. The van der Waals surface area contributed by atoms with Crippen LogP contribution in [-0.2, 0) is 6.61 Å². The zero-order valence-corrected chi connectivity index (χ0v) is 17.8. The van der Waals surface area contributed by atoms with Gasteiger partial charge in [0.05, 0.1) is 27.2 Å². The highest BCUT2D eigenvalue weighted by Gasteiger charge is 2.17. The molecular weight excluding hydrogens is 467 g/mol. The molecule has 4 nitrogen and oxygen atoms in total. The predicted octanol–water partition coefficient (Wildman–Crippen LogP) is 6.56. The maximum absolute atomic E-state index is 12.5. The SMILES string of the molecule is COc1cc(C(=O)Oc2ccc(Cl)c(Cl)c2)cc(Br)c1OCc1ccccc1. The number of carbonyl (C=O) groups is 1. The molecule has 0 aromatic heterocycles. The Morgan fingerprint density at radius 1 is 1.00 bits per heavy atom. The minimum absolute atomic E-state index is 0.291. The summed E-state index contributed by atoms with van der Waals surface area (Å²) in [6.45, 7) is 0.364. The second-order valence-electron chi connectivity index (χ2n) is 5.73. The van der Waals surface area contributed by atoms with E-state index in [0.717, 1.165) is 5.56 Å². The summed E-state index contributed by atoms with van der Waals surface area (Å²) in [6.07, 6.45) is 0. The lowest BCUT2D eigenvalue weighted by molar-refractivity contribution is 0.0734. The molecule has 0 saturated heterocycles. The van der Waals surface area contributed by atoms with E-state index in [1.165, 1.54) is 13.2 Å². The number of rotatable bonds is 6. The lowest BCUT2D eigenvalue weighted by atomic mass is 10.2. The number of ether oxygens (including phenoxy) is 3. The van der Waals surface area contributed by atoms with Gasteiger partial charge in [-0.2, -0.15) is 0 Å². The Bertz CT molecular complexity index is 993. The highest BCUT2D eigenvalue weighted by Crippen LogP contribution is 2.37. The number of halogens is 3. The van der Waals surface area contributed by atoms with E-state index in [4.69, 9.17) is 37.4 Å². The molecule has 0 aliphatic heterocycles. The smallest absolute Gasteiger partial charge is 0.343 e. The maximum Gasteiger partial charge on any atom is 0.343 e. The summed E-state index contributed by atoms with van der Waals surface area (Å²) in [4.78, 5) is 12.5. The molecule has 0 N–H and O–H groups in total. The van der Waals surface area contributed by atoms with Gasteiger partial charge in [-0.1, -0.05) is 53.5 Å². The number of benzene rings is 3. The van der Waals surface area contributed by atoms with Gasteiger partial charge in [0.1, 0.15) is 12.4 Å². The standard InChI is InChI=1S/C21H15BrCl2O4/c1-26-19-10-14(21(25)28-15-7-8-17(23)18(24)11-15)9-16(22)20(19)27-12-13-5-3-2-4-6-13/h2-11H,12H2,1H3. The van der Waals surface area contributed by atoms with Crippen LogP contribution in [0, 0.1) is 0 Å². The number of hydrogen-bond donors (Lipinski definition) is 0. The van der Waals surface area contributed by atoms with Crippen LogP contribution in [0.2, 0.25) is 10.0 Å². The molecule has 0 radical (unpaired) electrons. The van der Waals surface area contributed by atoms with Gasteiger partial charge >= 0.3 is 5.97 Å². The third-order valence-corrected chi connectivity index (χ3v) is 5.12. The molecule has 7 heteroatoms. The number of methoxy groups -OCH3 is 1. The van der Waals surface area contributed by atoms with Crippen molar-refractivity contribution in [3.8, 4) is 17.2 Å². The van der Waals surface area contributed by atoms with E-state index in [9.17, 15) is 4.79 Å². The van der Waals surface area contributed by atoms with E-state index in [-0.39, 0.29) is 0 Å². The minimum Gasteiger partial charge on any atom is -0.493 e. The van der Waals surface area contributed by atoms with Crippen molar-refractivity contribution in [2.45, 2.75) is 6.61 Å². The quantitative estimate of drug-likeness (QED) is 0.295. The number of hydrogen-bond acceptors (Lipinski definition) is 4. The van der Waals surface area contributed by atoms with Gasteiger partial charge in [-0.3, -0.25) is 0 Å². The van der Waals surface area contributed by atoms with E-state index in [1.807, 2.05) is 30.3 Å². The van der Waals surface area contributed by atoms with Gasteiger partial charge in [-0.15, -0.1) is 0 Å². The highest BCUT2D eigenvalue weighted by molar-refractivity contribution is 9.10. The Kier molecular flexibility index (Phi) is 6.83. The summed E-state index contributed by atoms with van der Waals surface area (Å²) < 4.78 is 17.2. The Morgan fingerprint density at radius 2 is 1.75 bits per heavy atom. The van der Waals surface area contributed by atoms with Crippen LogP contribution in [0.1, 0.15) is 15.9 Å². The predicted molar refractivity (Wildman–Crippen MR) is 113 cm³/mol. The monoisotopic (exact) mass is 480 g/mol. The van der Waals surface area contributed by atoms with Crippen molar-refractivity contribution in [3.63, 3.8) is 0 Å². The summed E-state index contributed by atoms with van der Waals surface area (Å²) >= 11 is 15.3. The molecule has 3 aromatic rings. The van der Waals surface area contributed by atoms with Crippen molar-refractivity contribution in [1.82, 2.24) is 0 Å². The first-order chi connectivity index (χ1) is 13.5. The molecule has 3 aromatic carbocycles. The van der Waals surface area contributed by atoms with Crippen LogP contribution in [0.4, 0.5) is 0 Å². The topological polar surface area (TPSA) is 44.8 Å². The highest BCUT2D eigenvalue weighted by atomic mass is 79.9. The van der Waals surface area contributed by atoms with Crippen LogP contribution in [0.3, 0.4) is 0 Å². The summed E-state index contributed by atoms with van der Waals surface area (Å²) in [5.74, 6) is 0.634. The van der Waals surface area contributed by atoms with Gasteiger partial charge in [-0.05, 0) is 45.8 Å². The Hall–Kier alpha value is -2.21. The summed E-state index contributed by atoms with van der Waals surface area (Å²) in [5, 5.41) is 0.682. The third-order valence-electron chi connectivity index (χ3n) is 3.79. The van der Waals surface area contributed by atoms with Gasteiger partial charge < -0.3 is 14.2 Å². The maximum atomic E-state index is 12.5. The molecule has 144 valence electrons. The van der Waals surface area contributed by atoms with Crippen molar-refractivity contribution >= 4 is 45.1 Å². The van der Waals surface area contributed by atoms with Crippen molar-refractivity contribution in [2.24, 2.45) is 0 Å². The fourth-order valence-electron chi connectivity index (χ4n) is 2.41. The minimum atomic E-state index is -0.563. The van der Waals surface area contributed by atoms with Crippen LogP contribution in [0.5, 0.6) is 17.2 Å². The zero-order chi connectivity index (χ0) is 20.1. The molecule has 3 rings (SSSR count). The first-order valence-electron chi connectivity index (χ1n) is 8.19. The molecule has 0 spiro atoms. The molecule has 0 atom stereocenters. The first-order valence-corrected chi connectivity index (χ1v) is 9.74. The first kappa shape index (κ1) is 20.5. The van der Waals surface area contributed by atoms with E-state index in [2.05, 4.69) is 15.9 Å². The van der Waals surface area contributed by atoms with Gasteiger partial charge in [0.15, 0.2) is 11.5 Å². The fourth-order valence-corrected chi connectivity index (χ4v) is 3.26. The second-order valence-corrected chi connectivity index (χ2v) is 7.40. The summed E-state index contributed by atoms with van der Waals surface area (Å²) in [7, 11) is 1.51. The fraction of sp³-hybridized carbons (Fsp3) is 0.0952. The van der Waals surface area contributed by atoms with Crippen LogP contribution in [0.15, 0.2) is 65.1 Å². The van der Waals surface area contributed by atoms with Crippen molar-refractivity contribution in [3.05, 3.63) is 86.3 Å². The lowest BCUT2D eigenvalue weighted by Gasteiger charge is -2.14. The second kappa shape index (κ2) is 9.32. The summed E-state index contributed by atoms with van der Waals surface area (Å²) in [6, 6.07) is 17.5. The molecule has 0 aliphatic rings. The lowest BCUT2D eigenvalue weighted by Crippen LogP contribution is -2.09. The van der Waals surface area contributed by atoms with E-state index in [1.54, 1.807) is 24.3 Å². The molecule has 0 amide bonds. The largest absolute Gasteiger partial charge is 0.493 e. The normalized spacial score (nSPS) is 10.4. The van der Waals surface area contributed by atoms with Gasteiger partial charge in [0.25, 0.3) is 0 Å². The molecule has 0 unspecified atom stereocenters. The molecule has 0 aliphatic carbocycles. The van der Waals surface area contributed by atoms with Crippen LogP contribution < -0.4 is 14.2 Å². The van der Waals surface area contributed by atoms with E-state index >= 15 is 0 Å². The Morgan fingerprint density at radius 3 is 2.43 bits per heavy atom. The Balaban J connectivity index is 1.79. The molecule has 0 saturated carbocycles. The van der Waals surface area contributed by atoms with Gasteiger partial charge in [0.2, 0.25) is 0 Å². The van der Waals surface area contributed by atoms with Crippen LogP contribution >= 0.6 is 39.1 Å². The molecule has 0 fully saturated rings. The van der Waals surface area contributed by atoms with E-state index in [0.29, 0.717) is 43.9 Å². The number of esters is 1. The average Bonchev–Trinajstić information content (AvgIpc) is 2.70. The van der Waals surface area contributed by atoms with E-state index < -0.39 is 5.97 Å². The van der Waals surface area contributed by atoms with Crippen molar-refractivity contribution in [2.75, 3.05) is 7.11 Å². The Labute approximate surface area is 181 Å². The van der Waals surface area contributed by atoms with Gasteiger partial charge in [0, 0.05) is 6.07 Å². The van der Waals surface area contributed by atoms with Crippen molar-refractivity contribution < 1.29 is 19.0 Å². The van der Waals surface area contributed by atoms with Crippen LogP contribution in [0.25, 0.3) is 0 Å². The zero-order valence-electron chi connectivity index (χ0n) is 14.7. The van der Waals surface area contributed by atoms with Gasteiger partial charge in [-0.25, -0.2) is 4.79 Å². The molecular formula is C21H15BrCl2O4. The van der Waals surface area contributed by atoms with Crippen molar-refractivity contribution in [1.29, 1.82) is 0 Å². The number of carbonyl (C=O) groups excluding carboxylic acids is 1. The molecule has 0 bridgehead atoms. The average molecular weight is 482 g/mol. The summed E-state index contributed by atoms with van der Waals surface area (Å²) in [5.41, 5.74) is 1.31. The molecule has 28 heavy (non-hydrogen) atoms. The third kappa shape index (κ3) is 4.98. The van der Waals surface area contributed by atoms with Crippen LogP contribution in [-0.4, -0.2) is 13.1 Å².